The van der Waals surface area contributed by atoms with Crippen molar-refractivity contribution < 1.29 is 0 Å². The number of likely N-dealkylation sites (N-methyl/N-ethyl adjacent to an activating group) is 1. The second-order valence-corrected chi connectivity index (χ2v) is 6.56. The molecule has 0 saturated carbocycles. The molecule has 25 heavy (non-hydrogen) atoms. The van der Waals surface area contributed by atoms with E-state index in [2.05, 4.69) is 84.5 Å². The number of rotatable bonds is 2. The van der Waals surface area contributed by atoms with E-state index in [-0.39, 0.29) is 12.4 Å². The Labute approximate surface area is 157 Å². The lowest BCUT2D eigenvalue weighted by atomic mass is 10.2. The van der Waals surface area contributed by atoms with Crippen molar-refractivity contribution in [3.05, 3.63) is 59.7 Å². The van der Waals surface area contributed by atoms with Crippen molar-refractivity contribution in [1.82, 2.24) is 9.80 Å². The molecule has 4 nitrogen and oxygen atoms in total. The molecule has 1 fully saturated rings. The maximum Gasteiger partial charge on any atom is 0.203 e. The molecule has 0 bridgehead atoms. The molecule has 0 spiro atoms. The van der Waals surface area contributed by atoms with E-state index >= 15 is 0 Å². The number of guanidine groups is 1. The Balaban J connectivity index is 0.00000225. The second-order valence-electron chi connectivity index (χ2n) is 6.56. The van der Waals surface area contributed by atoms with Crippen molar-refractivity contribution in [2.45, 2.75) is 13.8 Å². The van der Waals surface area contributed by atoms with Gasteiger partial charge in [0.15, 0.2) is 0 Å². The van der Waals surface area contributed by atoms with Gasteiger partial charge in [-0.2, -0.15) is 0 Å². The summed E-state index contributed by atoms with van der Waals surface area (Å²) in [6.45, 7) is 8.30. The summed E-state index contributed by atoms with van der Waals surface area (Å²) < 4.78 is 0. The fraction of sp³-hybridized carbons (Fsp3) is 0.350. The van der Waals surface area contributed by atoms with Crippen molar-refractivity contribution >= 4 is 29.7 Å². The number of nitrogens with zero attached hydrogens (tertiary/aromatic N) is 3. The monoisotopic (exact) mass is 358 g/mol. The summed E-state index contributed by atoms with van der Waals surface area (Å²) in [6, 6.07) is 16.8. The Morgan fingerprint density at radius 1 is 0.920 bits per heavy atom. The number of halogens is 1. The van der Waals surface area contributed by atoms with Crippen LogP contribution in [0.1, 0.15) is 11.1 Å². The van der Waals surface area contributed by atoms with E-state index in [4.69, 9.17) is 4.99 Å². The van der Waals surface area contributed by atoms with Crippen LogP contribution >= 0.6 is 12.4 Å². The molecule has 1 N–H and O–H groups in total. The highest BCUT2D eigenvalue weighted by molar-refractivity contribution is 5.95. The first-order valence-corrected chi connectivity index (χ1v) is 8.53. The Morgan fingerprint density at radius 2 is 1.56 bits per heavy atom. The highest BCUT2D eigenvalue weighted by Gasteiger charge is 2.18. The van der Waals surface area contributed by atoms with Gasteiger partial charge in [0, 0.05) is 31.9 Å². The maximum atomic E-state index is 4.91. The maximum absolute atomic E-state index is 4.91. The van der Waals surface area contributed by atoms with Crippen molar-refractivity contribution in [2.75, 3.05) is 38.5 Å². The summed E-state index contributed by atoms with van der Waals surface area (Å²) >= 11 is 0. The van der Waals surface area contributed by atoms with Crippen LogP contribution in [0.2, 0.25) is 0 Å². The van der Waals surface area contributed by atoms with E-state index in [9.17, 15) is 0 Å². The van der Waals surface area contributed by atoms with Gasteiger partial charge in [-0.1, -0.05) is 24.3 Å². The van der Waals surface area contributed by atoms with Gasteiger partial charge in [-0.15, -0.1) is 12.4 Å². The minimum Gasteiger partial charge on any atom is -0.340 e. The van der Waals surface area contributed by atoms with E-state index in [0.717, 1.165) is 43.5 Å². The number of aryl methyl sites for hydroxylation is 2. The van der Waals surface area contributed by atoms with E-state index in [1.54, 1.807) is 0 Å². The van der Waals surface area contributed by atoms with Crippen LogP contribution in [0.15, 0.2) is 53.5 Å². The predicted molar refractivity (Wildman–Crippen MR) is 109 cm³/mol. The van der Waals surface area contributed by atoms with Gasteiger partial charge < -0.3 is 15.1 Å². The van der Waals surface area contributed by atoms with E-state index in [0.29, 0.717) is 0 Å². The molecular weight excluding hydrogens is 332 g/mol. The van der Waals surface area contributed by atoms with Gasteiger partial charge in [0.2, 0.25) is 5.96 Å². The minimum absolute atomic E-state index is 0. The summed E-state index contributed by atoms with van der Waals surface area (Å²) in [6.07, 6.45) is 0. The van der Waals surface area contributed by atoms with Crippen molar-refractivity contribution in [3.63, 3.8) is 0 Å². The molecule has 1 aliphatic rings. The first-order chi connectivity index (χ1) is 11.6. The zero-order chi connectivity index (χ0) is 16.9. The standard InChI is InChI=1S/C20H26N4.ClH/c1-16-6-4-8-18(14-16)21-20(24-12-10-23(3)11-13-24)22-19-9-5-7-17(2)15-19;/h4-9,14-15H,10-13H2,1-3H3,(H,21,22);1H. The highest BCUT2D eigenvalue weighted by Crippen LogP contribution is 2.17. The number of benzene rings is 2. The summed E-state index contributed by atoms with van der Waals surface area (Å²) in [4.78, 5) is 9.60. The minimum atomic E-state index is 0. The third-order valence-corrected chi connectivity index (χ3v) is 4.31. The molecule has 3 rings (SSSR count). The summed E-state index contributed by atoms with van der Waals surface area (Å²) in [7, 11) is 2.17. The first kappa shape index (κ1) is 19.3. The van der Waals surface area contributed by atoms with Crippen molar-refractivity contribution in [2.24, 2.45) is 4.99 Å². The first-order valence-electron chi connectivity index (χ1n) is 8.53. The van der Waals surface area contributed by atoms with E-state index in [1.807, 2.05) is 0 Å². The number of anilines is 1. The molecule has 1 aliphatic heterocycles. The van der Waals surface area contributed by atoms with E-state index in [1.165, 1.54) is 11.1 Å². The Kier molecular flexibility index (Phi) is 6.85. The molecule has 5 heteroatoms. The molecule has 2 aromatic carbocycles. The van der Waals surface area contributed by atoms with Gasteiger partial charge in [0.05, 0.1) is 5.69 Å². The number of hydrogen-bond acceptors (Lipinski definition) is 2. The molecule has 0 aliphatic carbocycles. The SMILES string of the molecule is Cc1cccc(N=C(Nc2cccc(C)c2)N2CCN(C)CC2)c1.Cl. The van der Waals surface area contributed by atoms with Gasteiger partial charge in [0.25, 0.3) is 0 Å². The van der Waals surface area contributed by atoms with Gasteiger partial charge in [0.1, 0.15) is 0 Å². The normalized spacial score (nSPS) is 15.6. The number of piperazine rings is 1. The molecule has 1 heterocycles. The van der Waals surface area contributed by atoms with Crippen LogP contribution in [0.3, 0.4) is 0 Å². The largest absolute Gasteiger partial charge is 0.340 e. The molecule has 1 saturated heterocycles. The van der Waals surface area contributed by atoms with Crippen LogP contribution in [-0.4, -0.2) is 49.0 Å². The fourth-order valence-electron chi connectivity index (χ4n) is 2.87. The Morgan fingerprint density at radius 3 is 2.20 bits per heavy atom. The lowest BCUT2D eigenvalue weighted by molar-refractivity contribution is 0.215. The number of aliphatic imine (C=N–C) groups is 1. The molecule has 0 radical (unpaired) electrons. The van der Waals surface area contributed by atoms with Gasteiger partial charge in [-0.25, -0.2) is 4.99 Å². The van der Waals surface area contributed by atoms with Crippen LogP contribution in [0.5, 0.6) is 0 Å². The lowest BCUT2D eigenvalue weighted by Gasteiger charge is -2.34. The second kappa shape index (κ2) is 8.88. The predicted octanol–water partition coefficient (Wildman–Crippen LogP) is 4.07. The fourth-order valence-corrected chi connectivity index (χ4v) is 2.87. The van der Waals surface area contributed by atoms with Crippen LogP contribution in [0.4, 0.5) is 11.4 Å². The molecule has 0 aromatic heterocycles. The quantitative estimate of drug-likeness (QED) is 0.648. The Hall–Kier alpha value is -2.04. The molecule has 0 atom stereocenters. The van der Waals surface area contributed by atoms with Gasteiger partial charge in [-0.05, 0) is 56.3 Å². The number of hydrogen-bond donors (Lipinski definition) is 1. The van der Waals surface area contributed by atoms with Crippen molar-refractivity contribution in [3.8, 4) is 0 Å². The number of nitrogens with one attached hydrogen (secondary N) is 1. The highest BCUT2D eigenvalue weighted by atomic mass is 35.5. The van der Waals surface area contributed by atoms with Crippen LogP contribution < -0.4 is 5.32 Å². The molecular formula is C20H27ClN4. The van der Waals surface area contributed by atoms with Crippen LogP contribution in [0.25, 0.3) is 0 Å². The average molecular weight is 359 g/mol. The summed E-state index contributed by atoms with van der Waals surface area (Å²) in [5.74, 6) is 0.930. The third-order valence-electron chi connectivity index (χ3n) is 4.31. The van der Waals surface area contributed by atoms with Crippen molar-refractivity contribution in [1.29, 1.82) is 0 Å². The molecule has 0 unspecified atom stereocenters. The molecule has 134 valence electrons. The Bertz CT molecular complexity index is 721. The van der Waals surface area contributed by atoms with Crippen LogP contribution in [0, 0.1) is 13.8 Å². The van der Waals surface area contributed by atoms with E-state index < -0.39 is 0 Å². The summed E-state index contributed by atoms with van der Waals surface area (Å²) in [5, 5.41) is 3.53. The zero-order valence-corrected chi connectivity index (χ0v) is 16.0. The van der Waals surface area contributed by atoms with Crippen LogP contribution in [-0.2, 0) is 0 Å². The zero-order valence-electron chi connectivity index (χ0n) is 15.2. The van der Waals surface area contributed by atoms with Gasteiger partial charge >= 0.3 is 0 Å². The average Bonchev–Trinajstić information content (AvgIpc) is 2.55. The summed E-state index contributed by atoms with van der Waals surface area (Å²) in [5.41, 5.74) is 4.54. The molecule has 2 aromatic rings. The smallest absolute Gasteiger partial charge is 0.203 e. The lowest BCUT2D eigenvalue weighted by Crippen LogP contribution is -2.49. The topological polar surface area (TPSA) is 30.9 Å². The molecule has 0 amide bonds. The third kappa shape index (κ3) is 5.48. The van der Waals surface area contributed by atoms with Gasteiger partial charge in [-0.3, -0.25) is 0 Å².